The maximum atomic E-state index is 12.1. The molecule has 0 aliphatic carbocycles. The first kappa shape index (κ1) is 13.7. The molecule has 0 saturated carbocycles. The fraction of sp³-hybridized carbons (Fsp3) is 0.133. The Labute approximate surface area is 126 Å². The number of amides is 1. The van der Waals surface area contributed by atoms with Crippen LogP contribution >= 0.6 is 0 Å². The van der Waals surface area contributed by atoms with Crippen molar-refractivity contribution in [1.82, 2.24) is 24.9 Å². The van der Waals surface area contributed by atoms with Gasteiger partial charge in [0.05, 0.1) is 11.6 Å². The molecule has 0 unspecified atom stereocenters. The van der Waals surface area contributed by atoms with E-state index in [0.717, 1.165) is 11.3 Å². The number of carbonyl (C=O) groups excluding carboxylic acids is 1. The van der Waals surface area contributed by atoms with Crippen LogP contribution in [0.1, 0.15) is 27.4 Å². The minimum absolute atomic E-state index is 0.0678. The van der Waals surface area contributed by atoms with Crippen LogP contribution in [-0.2, 0) is 6.54 Å². The number of rotatable bonds is 3. The lowest BCUT2D eigenvalue weighted by Gasteiger charge is -2.02. The number of nitriles is 1. The Balaban J connectivity index is 1.76. The average Bonchev–Trinajstić information content (AvgIpc) is 2.98. The standard InChI is InChI=1S/C15H12N6O/c1-10-5-6-17-15-19-13(20-21(10)15)14(22)18-9-12-4-2-3-11(7-12)8-16/h2-7H,9H2,1H3,(H,18,22). The molecule has 22 heavy (non-hydrogen) atoms. The van der Waals surface area contributed by atoms with Gasteiger partial charge in [0, 0.05) is 18.4 Å². The minimum Gasteiger partial charge on any atom is -0.345 e. The van der Waals surface area contributed by atoms with Crippen LogP contribution in [0.5, 0.6) is 0 Å². The number of hydrogen-bond acceptors (Lipinski definition) is 5. The Bertz CT molecular complexity index is 892. The molecule has 7 nitrogen and oxygen atoms in total. The molecule has 1 amide bonds. The van der Waals surface area contributed by atoms with E-state index >= 15 is 0 Å². The molecule has 0 aliphatic heterocycles. The van der Waals surface area contributed by atoms with Gasteiger partial charge in [0.2, 0.25) is 5.82 Å². The first-order chi connectivity index (χ1) is 10.7. The van der Waals surface area contributed by atoms with Gasteiger partial charge in [0.25, 0.3) is 11.7 Å². The number of nitrogens with zero attached hydrogens (tertiary/aromatic N) is 5. The van der Waals surface area contributed by atoms with Crippen LogP contribution < -0.4 is 5.32 Å². The highest BCUT2D eigenvalue weighted by molar-refractivity contribution is 5.90. The molecule has 3 aromatic rings. The molecule has 0 bridgehead atoms. The van der Waals surface area contributed by atoms with Crippen LogP contribution in [0.3, 0.4) is 0 Å². The molecule has 3 rings (SSSR count). The molecular weight excluding hydrogens is 280 g/mol. The van der Waals surface area contributed by atoms with E-state index in [1.807, 2.05) is 13.0 Å². The van der Waals surface area contributed by atoms with Gasteiger partial charge in [0.1, 0.15) is 0 Å². The molecule has 0 atom stereocenters. The number of benzene rings is 1. The summed E-state index contributed by atoms with van der Waals surface area (Å²) in [6, 6.07) is 10.9. The highest BCUT2D eigenvalue weighted by Gasteiger charge is 2.13. The maximum absolute atomic E-state index is 12.1. The van der Waals surface area contributed by atoms with E-state index in [-0.39, 0.29) is 11.7 Å². The molecule has 1 aromatic carbocycles. The molecule has 0 spiro atoms. The Kier molecular flexibility index (Phi) is 3.50. The van der Waals surface area contributed by atoms with E-state index < -0.39 is 0 Å². The Morgan fingerprint density at radius 3 is 3.05 bits per heavy atom. The summed E-state index contributed by atoms with van der Waals surface area (Å²) in [6.07, 6.45) is 1.62. The van der Waals surface area contributed by atoms with Gasteiger partial charge in [-0.2, -0.15) is 10.2 Å². The van der Waals surface area contributed by atoms with E-state index in [1.54, 1.807) is 30.5 Å². The third-order valence-electron chi connectivity index (χ3n) is 3.14. The van der Waals surface area contributed by atoms with Gasteiger partial charge in [-0.3, -0.25) is 4.79 Å². The molecule has 7 heteroatoms. The van der Waals surface area contributed by atoms with Crippen molar-refractivity contribution >= 4 is 11.7 Å². The molecule has 0 aliphatic rings. The van der Waals surface area contributed by atoms with Crippen LogP contribution in [0.15, 0.2) is 36.5 Å². The van der Waals surface area contributed by atoms with Crippen molar-refractivity contribution in [3.8, 4) is 6.07 Å². The largest absolute Gasteiger partial charge is 0.345 e. The summed E-state index contributed by atoms with van der Waals surface area (Å²) in [6.45, 7) is 2.16. The molecule has 2 heterocycles. The normalized spacial score (nSPS) is 10.4. The topological polar surface area (TPSA) is 96.0 Å². The van der Waals surface area contributed by atoms with Crippen LogP contribution in [0.4, 0.5) is 0 Å². The number of hydrogen-bond donors (Lipinski definition) is 1. The highest BCUT2D eigenvalue weighted by Crippen LogP contribution is 2.05. The second kappa shape index (κ2) is 5.61. The fourth-order valence-corrected chi connectivity index (χ4v) is 2.01. The Morgan fingerprint density at radius 1 is 1.41 bits per heavy atom. The van der Waals surface area contributed by atoms with Gasteiger partial charge < -0.3 is 5.32 Å². The zero-order chi connectivity index (χ0) is 15.5. The first-order valence-corrected chi connectivity index (χ1v) is 6.63. The van der Waals surface area contributed by atoms with Crippen LogP contribution in [0.25, 0.3) is 5.78 Å². The van der Waals surface area contributed by atoms with E-state index in [1.165, 1.54) is 4.52 Å². The zero-order valence-corrected chi connectivity index (χ0v) is 11.8. The van der Waals surface area contributed by atoms with Crippen LogP contribution in [0, 0.1) is 18.3 Å². The molecule has 1 N–H and O–H groups in total. The predicted molar refractivity (Wildman–Crippen MR) is 77.8 cm³/mol. The van der Waals surface area contributed by atoms with Crippen LogP contribution in [-0.4, -0.2) is 25.5 Å². The summed E-state index contributed by atoms with van der Waals surface area (Å²) in [7, 11) is 0. The lowest BCUT2D eigenvalue weighted by atomic mass is 10.1. The van der Waals surface area contributed by atoms with Gasteiger partial charge in [0.15, 0.2) is 0 Å². The highest BCUT2D eigenvalue weighted by atomic mass is 16.2. The third-order valence-corrected chi connectivity index (χ3v) is 3.14. The van der Waals surface area contributed by atoms with Gasteiger partial charge in [-0.1, -0.05) is 12.1 Å². The smallest absolute Gasteiger partial charge is 0.291 e. The molecule has 0 saturated heterocycles. The van der Waals surface area contributed by atoms with Crippen molar-refractivity contribution in [2.45, 2.75) is 13.5 Å². The van der Waals surface area contributed by atoms with Gasteiger partial charge in [-0.25, -0.2) is 9.50 Å². The summed E-state index contributed by atoms with van der Waals surface area (Å²) < 4.78 is 1.52. The Hall–Kier alpha value is -3.27. The number of nitrogens with one attached hydrogen (secondary N) is 1. The third kappa shape index (κ3) is 2.62. The van der Waals surface area contributed by atoms with Crippen molar-refractivity contribution in [2.24, 2.45) is 0 Å². The minimum atomic E-state index is -0.382. The summed E-state index contributed by atoms with van der Waals surface area (Å²) in [5.41, 5.74) is 2.24. The zero-order valence-electron chi connectivity index (χ0n) is 11.8. The monoisotopic (exact) mass is 292 g/mol. The van der Waals surface area contributed by atoms with Crippen molar-refractivity contribution in [1.29, 1.82) is 5.26 Å². The number of carbonyl (C=O) groups is 1. The number of fused-ring (bicyclic) bond motifs is 1. The fourth-order valence-electron chi connectivity index (χ4n) is 2.01. The lowest BCUT2D eigenvalue weighted by molar-refractivity contribution is 0.0940. The summed E-state index contributed by atoms with van der Waals surface area (Å²) in [5, 5.41) is 15.7. The average molecular weight is 292 g/mol. The second-order valence-corrected chi connectivity index (χ2v) is 4.73. The van der Waals surface area contributed by atoms with Gasteiger partial charge >= 0.3 is 0 Å². The van der Waals surface area contributed by atoms with E-state index in [4.69, 9.17) is 5.26 Å². The molecule has 0 radical (unpaired) electrons. The van der Waals surface area contributed by atoms with Gasteiger partial charge in [-0.15, -0.1) is 5.10 Å². The SMILES string of the molecule is Cc1ccnc2nc(C(=O)NCc3cccc(C#N)c3)nn12. The van der Waals surface area contributed by atoms with Crippen molar-refractivity contribution in [2.75, 3.05) is 0 Å². The lowest BCUT2D eigenvalue weighted by Crippen LogP contribution is -2.24. The quantitative estimate of drug-likeness (QED) is 0.783. The summed E-state index contributed by atoms with van der Waals surface area (Å²) >= 11 is 0. The second-order valence-electron chi connectivity index (χ2n) is 4.73. The molecule has 2 aromatic heterocycles. The van der Waals surface area contributed by atoms with E-state index in [9.17, 15) is 4.79 Å². The Morgan fingerprint density at radius 2 is 2.27 bits per heavy atom. The molecule has 108 valence electrons. The van der Waals surface area contributed by atoms with Gasteiger partial charge in [-0.05, 0) is 30.7 Å². The van der Waals surface area contributed by atoms with E-state index in [2.05, 4.69) is 26.5 Å². The van der Waals surface area contributed by atoms with Crippen molar-refractivity contribution < 1.29 is 4.79 Å². The predicted octanol–water partition coefficient (Wildman–Crippen LogP) is 1.23. The van der Waals surface area contributed by atoms with Crippen molar-refractivity contribution in [3.05, 3.63) is 59.2 Å². The number of aromatic nitrogens is 4. The first-order valence-electron chi connectivity index (χ1n) is 6.63. The maximum Gasteiger partial charge on any atom is 0.291 e. The van der Waals surface area contributed by atoms with Crippen LogP contribution in [0.2, 0.25) is 0 Å². The van der Waals surface area contributed by atoms with E-state index in [0.29, 0.717) is 17.9 Å². The number of aryl methyl sites for hydroxylation is 1. The summed E-state index contributed by atoms with van der Waals surface area (Å²) in [4.78, 5) is 20.3. The summed E-state index contributed by atoms with van der Waals surface area (Å²) in [5.74, 6) is 0.0714. The molecule has 0 fully saturated rings. The van der Waals surface area contributed by atoms with Crippen molar-refractivity contribution in [3.63, 3.8) is 0 Å². The molecular formula is C15H12N6O.